The van der Waals surface area contributed by atoms with Crippen LogP contribution in [0.3, 0.4) is 0 Å². The topological polar surface area (TPSA) is 38.8 Å². The lowest BCUT2D eigenvalue weighted by atomic mass is 9.46. The Hall–Kier alpha value is -1.13. The number of allylic oxidation sites excluding steroid dienone is 2. The molecule has 0 aromatic carbocycles. The van der Waals surface area contributed by atoms with Crippen LogP contribution in [0.25, 0.3) is 0 Å². The molecule has 2 aliphatic heterocycles. The minimum atomic E-state index is 0.267. The van der Waals surface area contributed by atoms with Gasteiger partial charge in [0.1, 0.15) is 6.10 Å². The van der Waals surface area contributed by atoms with Crippen LogP contribution < -0.4 is 0 Å². The van der Waals surface area contributed by atoms with Crippen molar-refractivity contribution in [1.82, 2.24) is 4.90 Å². The van der Waals surface area contributed by atoms with Crippen molar-refractivity contribution in [3.8, 4) is 0 Å². The molecule has 0 aromatic heterocycles. The molecule has 0 N–H and O–H groups in total. The van der Waals surface area contributed by atoms with E-state index in [4.69, 9.17) is 9.47 Å². The fraction of sp³-hybridized carbons (Fsp3) is 0.839. The minimum absolute atomic E-state index is 0.267. The summed E-state index contributed by atoms with van der Waals surface area (Å²) in [4.78, 5) is 14.7. The monoisotopic (exact) mass is 481 g/mol. The molecule has 6 aliphatic rings. The van der Waals surface area contributed by atoms with Crippen LogP contribution in [-0.2, 0) is 14.3 Å². The quantitative estimate of drug-likeness (QED) is 0.471. The molecule has 4 aliphatic carbocycles. The number of carbonyl (C=O) groups excluding carboxylic acids is 1. The molecule has 6 rings (SSSR count). The number of fused-ring (bicyclic) bond motifs is 7. The third-order valence-corrected chi connectivity index (χ3v) is 11.7. The Balaban J connectivity index is 1.14. The molecular weight excluding hydrogens is 434 g/mol. The summed E-state index contributed by atoms with van der Waals surface area (Å²) in [6, 6.07) is 0. The molecule has 4 nitrogen and oxygen atoms in total. The van der Waals surface area contributed by atoms with Gasteiger partial charge in [-0.2, -0.15) is 0 Å². The smallest absolute Gasteiger partial charge is 0.155 e. The van der Waals surface area contributed by atoms with Crippen molar-refractivity contribution in [3.63, 3.8) is 0 Å². The zero-order valence-electron chi connectivity index (χ0n) is 22.6. The van der Waals surface area contributed by atoms with Gasteiger partial charge < -0.3 is 9.47 Å². The van der Waals surface area contributed by atoms with Gasteiger partial charge in [-0.1, -0.05) is 26.3 Å². The van der Waals surface area contributed by atoms with E-state index in [1.165, 1.54) is 50.0 Å². The van der Waals surface area contributed by atoms with Crippen molar-refractivity contribution in [2.24, 2.45) is 40.4 Å². The molecule has 4 heteroatoms. The molecule has 194 valence electrons. The lowest BCUT2D eigenvalue weighted by Crippen LogP contribution is -2.50. The maximum absolute atomic E-state index is 12.1. The average molecular weight is 482 g/mol. The van der Waals surface area contributed by atoms with Crippen molar-refractivity contribution in [2.45, 2.75) is 91.6 Å². The van der Waals surface area contributed by atoms with Crippen molar-refractivity contribution >= 4 is 5.78 Å². The van der Waals surface area contributed by atoms with Crippen LogP contribution in [0.1, 0.15) is 85.5 Å². The minimum Gasteiger partial charge on any atom is -0.494 e. The molecule has 0 radical (unpaired) electrons. The van der Waals surface area contributed by atoms with E-state index < -0.39 is 0 Å². The van der Waals surface area contributed by atoms with Crippen LogP contribution in [0.2, 0.25) is 0 Å². The molecule has 2 heterocycles. The number of hydrogen-bond donors (Lipinski definition) is 0. The lowest BCUT2D eigenvalue weighted by Gasteiger charge is -2.58. The second-order valence-electron chi connectivity index (χ2n) is 13.5. The van der Waals surface area contributed by atoms with Gasteiger partial charge in [0, 0.05) is 38.4 Å². The summed E-state index contributed by atoms with van der Waals surface area (Å²) in [5, 5.41) is 0. The molecule has 3 saturated carbocycles. The predicted molar refractivity (Wildman–Crippen MR) is 139 cm³/mol. The number of rotatable bonds is 5. The first-order valence-corrected chi connectivity index (χ1v) is 14.7. The summed E-state index contributed by atoms with van der Waals surface area (Å²) in [6.07, 6.45) is 13.0. The van der Waals surface area contributed by atoms with E-state index in [0.717, 1.165) is 69.7 Å². The van der Waals surface area contributed by atoms with E-state index >= 15 is 0 Å². The van der Waals surface area contributed by atoms with Gasteiger partial charge in [0.25, 0.3) is 0 Å². The summed E-state index contributed by atoms with van der Waals surface area (Å²) in [6.45, 7) is 15.1. The number of nitrogens with zero attached hydrogens (tertiary/aromatic N) is 1. The molecule has 35 heavy (non-hydrogen) atoms. The zero-order chi connectivity index (χ0) is 24.4. The highest BCUT2D eigenvalue weighted by Crippen LogP contribution is 2.69. The Labute approximate surface area is 212 Å². The Morgan fingerprint density at radius 1 is 1.11 bits per heavy atom. The number of morpholine rings is 1. The predicted octanol–water partition coefficient (Wildman–Crippen LogP) is 6.17. The Bertz CT molecular complexity index is 916. The Kier molecular flexibility index (Phi) is 6.24. The normalized spacial score (nSPS) is 44.2. The molecular formula is C31H47NO3. The van der Waals surface area contributed by atoms with Gasteiger partial charge in [-0.25, -0.2) is 0 Å². The first kappa shape index (κ1) is 24.2. The second-order valence-corrected chi connectivity index (χ2v) is 13.5. The molecule has 0 amide bonds. The maximum Gasteiger partial charge on any atom is 0.155 e. The molecule has 0 aromatic rings. The third kappa shape index (κ3) is 3.97. The van der Waals surface area contributed by atoms with Crippen molar-refractivity contribution < 1.29 is 14.3 Å². The van der Waals surface area contributed by atoms with Crippen LogP contribution in [-0.4, -0.2) is 49.6 Å². The zero-order valence-corrected chi connectivity index (χ0v) is 22.6. The van der Waals surface area contributed by atoms with E-state index in [-0.39, 0.29) is 5.41 Å². The maximum atomic E-state index is 12.1. The molecule has 0 bridgehead atoms. The van der Waals surface area contributed by atoms with E-state index in [0.29, 0.717) is 29.1 Å². The van der Waals surface area contributed by atoms with Gasteiger partial charge >= 0.3 is 0 Å². The standard InChI is InChI=1S/C31H47NO3/c1-20(19-32-13-15-34-16-14-32)5-8-27-21(2)29-28(35-27)18-26-24-7-6-22-17-23(33)9-11-30(22,3)25(24)10-12-31(26,29)4/h17,20,24-26,28-29H,5-16,18-19H2,1-4H3/t20?,24-,25+,26+,28+,29+,30+,31+/m1/s1. The van der Waals surface area contributed by atoms with Crippen molar-refractivity contribution in [1.29, 1.82) is 0 Å². The number of hydrogen-bond acceptors (Lipinski definition) is 4. The first-order valence-electron chi connectivity index (χ1n) is 14.7. The van der Waals surface area contributed by atoms with E-state index in [9.17, 15) is 4.79 Å². The summed E-state index contributed by atoms with van der Waals surface area (Å²) in [5.74, 6) is 5.37. The average Bonchev–Trinajstić information content (AvgIpc) is 3.32. The highest BCUT2D eigenvalue weighted by molar-refractivity contribution is 5.91. The molecule has 1 unspecified atom stereocenters. The summed E-state index contributed by atoms with van der Waals surface area (Å²) < 4.78 is 12.3. The fourth-order valence-corrected chi connectivity index (χ4v) is 9.84. The van der Waals surface area contributed by atoms with Crippen LogP contribution >= 0.6 is 0 Å². The van der Waals surface area contributed by atoms with Crippen LogP contribution in [0, 0.1) is 40.4 Å². The molecule has 8 atom stereocenters. The Morgan fingerprint density at radius 3 is 2.71 bits per heavy atom. The highest BCUT2D eigenvalue weighted by Gasteiger charge is 2.63. The summed E-state index contributed by atoms with van der Waals surface area (Å²) >= 11 is 0. The van der Waals surface area contributed by atoms with Crippen LogP contribution in [0.5, 0.6) is 0 Å². The van der Waals surface area contributed by atoms with Crippen molar-refractivity contribution in [2.75, 3.05) is 32.8 Å². The van der Waals surface area contributed by atoms with E-state index in [1.54, 1.807) is 5.57 Å². The molecule has 4 fully saturated rings. The highest BCUT2D eigenvalue weighted by atomic mass is 16.5. The van der Waals surface area contributed by atoms with Gasteiger partial charge in [0.05, 0.1) is 19.0 Å². The third-order valence-electron chi connectivity index (χ3n) is 11.7. The van der Waals surface area contributed by atoms with Crippen LogP contribution in [0.4, 0.5) is 0 Å². The number of ether oxygens (including phenoxy) is 2. The SMILES string of the molecule is CC1=C(CCC(C)CN2CCOCC2)O[C@H]2C[C@H]3[C@@H]4CCC5=CC(=O)CC[C@]5(C)[C@H]4CC[C@]3(C)[C@@H]12. The molecule has 1 saturated heterocycles. The van der Waals surface area contributed by atoms with Gasteiger partial charge in [-0.05, 0) is 98.0 Å². The van der Waals surface area contributed by atoms with Gasteiger partial charge in [0.15, 0.2) is 5.78 Å². The van der Waals surface area contributed by atoms with Crippen molar-refractivity contribution in [3.05, 3.63) is 23.0 Å². The van der Waals surface area contributed by atoms with Crippen LogP contribution in [0.15, 0.2) is 23.0 Å². The summed E-state index contributed by atoms with van der Waals surface area (Å²) in [7, 11) is 0. The number of carbonyl (C=O) groups is 1. The van der Waals surface area contributed by atoms with Gasteiger partial charge in [-0.3, -0.25) is 9.69 Å². The van der Waals surface area contributed by atoms with E-state index in [1.807, 2.05) is 6.08 Å². The molecule has 0 spiro atoms. The second kappa shape index (κ2) is 9.01. The first-order chi connectivity index (χ1) is 16.8. The Morgan fingerprint density at radius 2 is 1.91 bits per heavy atom. The van der Waals surface area contributed by atoms with Gasteiger partial charge in [-0.15, -0.1) is 0 Å². The largest absolute Gasteiger partial charge is 0.494 e. The van der Waals surface area contributed by atoms with Gasteiger partial charge in [0.2, 0.25) is 0 Å². The fourth-order valence-electron chi connectivity index (χ4n) is 9.84. The summed E-state index contributed by atoms with van der Waals surface area (Å²) in [5.41, 5.74) is 3.73. The number of ketones is 1. The lowest BCUT2D eigenvalue weighted by molar-refractivity contribution is -0.117. The van der Waals surface area contributed by atoms with E-state index in [2.05, 4.69) is 32.6 Å².